The Hall–Kier alpha value is -3.78. The zero-order valence-electron chi connectivity index (χ0n) is 15.3. The van der Waals surface area contributed by atoms with E-state index in [0.29, 0.717) is 0 Å². The molecule has 0 fully saturated rings. The Morgan fingerprint density at radius 3 is 0.964 bits per heavy atom. The van der Waals surface area contributed by atoms with Crippen LogP contribution in [0.5, 0.6) is 11.5 Å². The van der Waals surface area contributed by atoms with E-state index in [9.17, 15) is 10.2 Å². The molecule has 0 aromatic heterocycles. The third-order valence-corrected chi connectivity index (χ3v) is 4.69. The molecule has 2 heteroatoms. The summed E-state index contributed by atoms with van der Waals surface area (Å²) in [5, 5.41) is 19.5. The van der Waals surface area contributed by atoms with Gasteiger partial charge in [0.25, 0.3) is 0 Å². The summed E-state index contributed by atoms with van der Waals surface area (Å²) < 4.78 is 0. The average molecular weight is 364 g/mol. The van der Waals surface area contributed by atoms with Crippen molar-refractivity contribution < 1.29 is 10.2 Å². The Morgan fingerprint density at radius 1 is 0.357 bits per heavy atom. The highest BCUT2D eigenvalue weighted by atomic mass is 16.3. The minimum atomic E-state index is 0.231. The predicted octanol–water partition coefficient (Wildman–Crippen LogP) is 6.11. The summed E-state index contributed by atoms with van der Waals surface area (Å²) in [6.45, 7) is 0. The number of rotatable bonds is 4. The maximum absolute atomic E-state index is 9.77. The molecule has 136 valence electrons. The fraction of sp³-hybridized carbons (Fsp3) is 0. The van der Waals surface area contributed by atoms with Crippen molar-refractivity contribution in [1.29, 1.82) is 0 Å². The molecule has 0 unspecified atom stereocenters. The van der Waals surface area contributed by atoms with Crippen LogP contribution >= 0.6 is 0 Å². The summed E-state index contributed by atoms with van der Waals surface area (Å²) >= 11 is 0. The first kappa shape index (κ1) is 17.6. The SMILES string of the molecule is Oc1ccc(C(=C(c2ccccc2)c2ccccc2)c2ccc(O)cc2)cc1. The fourth-order valence-electron chi connectivity index (χ4n) is 3.38. The van der Waals surface area contributed by atoms with Crippen molar-refractivity contribution in [2.45, 2.75) is 0 Å². The lowest BCUT2D eigenvalue weighted by Gasteiger charge is -2.18. The summed E-state index contributed by atoms with van der Waals surface area (Å²) in [5.74, 6) is 0.463. The lowest BCUT2D eigenvalue weighted by Crippen LogP contribution is -1.97. The van der Waals surface area contributed by atoms with Gasteiger partial charge in [-0.25, -0.2) is 0 Å². The number of aromatic hydroxyl groups is 2. The normalized spacial score (nSPS) is 10.4. The summed E-state index contributed by atoms with van der Waals surface area (Å²) in [5.41, 5.74) is 6.32. The zero-order valence-corrected chi connectivity index (χ0v) is 15.3. The quantitative estimate of drug-likeness (QED) is 0.429. The molecule has 2 nitrogen and oxygen atoms in total. The largest absolute Gasteiger partial charge is 0.508 e. The molecule has 0 aliphatic rings. The monoisotopic (exact) mass is 364 g/mol. The topological polar surface area (TPSA) is 40.5 Å². The maximum Gasteiger partial charge on any atom is 0.115 e. The first-order valence-electron chi connectivity index (χ1n) is 9.16. The maximum atomic E-state index is 9.77. The van der Waals surface area contributed by atoms with Gasteiger partial charge >= 0.3 is 0 Å². The van der Waals surface area contributed by atoms with Crippen LogP contribution < -0.4 is 0 Å². The highest BCUT2D eigenvalue weighted by Gasteiger charge is 2.16. The number of benzene rings is 4. The van der Waals surface area contributed by atoms with E-state index in [-0.39, 0.29) is 11.5 Å². The first-order valence-corrected chi connectivity index (χ1v) is 9.16. The Kier molecular flexibility index (Phi) is 4.94. The second-order valence-corrected chi connectivity index (χ2v) is 6.58. The molecule has 0 heterocycles. The Balaban J connectivity index is 2.08. The van der Waals surface area contributed by atoms with Crippen molar-refractivity contribution in [2.75, 3.05) is 0 Å². The van der Waals surface area contributed by atoms with Crippen LogP contribution in [-0.4, -0.2) is 10.2 Å². The van der Waals surface area contributed by atoms with Crippen LogP contribution in [0.3, 0.4) is 0 Å². The number of phenolic OH excluding ortho intramolecular Hbond substituents is 2. The molecular weight excluding hydrogens is 344 g/mol. The van der Waals surface area contributed by atoms with Crippen LogP contribution in [0, 0.1) is 0 Å². The van der Waals surface area contributed by atoms with E-state index in [1.54, 1.807) is 24.3 Å². The van der Waals surface area contributed by atoms with Crippen molar-refractivity contribution >= 4 is 11.1 Å². The fourth-order valence-corrected chi connectivity index (χ4v) is 3.38. The van der Waals surface area contributed by atoms with Gasteiger partial charge in [-0.15, -0.1) is 0 Å². The van der Waals surface area contributed by atoms with Crippen molar-refractivity contribution in [3.8, 4) is 11.5 Å². The van der Waals surface area contributed by atoms with Gasteiger partial charge in [-0.2, -0.15) is 0 Å². The van der Waals surface area contributed by atoms with Crippen LogP contribution in [0.25, 0.3) is 11.1 Å². The zero-order chi connectivity index (χ0) is 19.3. The summed E-state index contributed by atoms with van der Waals surface area (Å²) in [4.78, 5) is 0. The first-order chi connectivity index (χ1) is 13.7. The highest BCUT2D eigenvalue weighted by molar-refractivity contribution is 6.04. The van der Waals surface area contributed by atoms with Crippen molar-refractivity contribution in [3.05, 3.63) is 131 Å². The Morgan fingerprint density at radius 2 is 0.643 bits per heavy atom. The van der Waals surface area contributed by atoms with Gasteiger partial charge in [-0.05, 0) is 57.7 Å². The summed E-state index contributed by atoms with van der Waals surface area (Å²) in [7, 11) is 0. The number of hydrogen-bond donors (Lipinski definition) is 2. The van der Waals surface area contributed by atoms with Gasteiger partial charge in [0.05, 0.1) is 0 Å². The molecule has 0 radical (unpaired) electrons. The molecule has 4 aromatic rings. The molecule has 28 heavy (non-hydrogen) atoms. The van der Waals surface area contributed by atoms with Gasteiger partial charge in [-0.3, -0.25) is 0 Å². The van der Waals surface area contributed by atoms with Crippen molar-refractivity contribution in [1.82, 2.24) is 0 Å². The van der Waals surface area contributed by atoms with E-state index >= 15 is 0 Å². The average Bonchev–Trinajstić information content (AvgIpc) is 2.75. The van der Waals surface area contributed by atoms with Gasteiger partial charge in [0.1, 0.15) is 11.5 Å². The predicted molar refractivity (Wildman–Crippen MR) is 114 cm³/mol. The van der Waals surface area contributed by atoms with E-state index in [1.807, 2.05) is 60.7 Å². The van der Waals surface area contributed by atoms with E-state index < -0.39 is 0 Å². The van der Waals surface area contributed by atoms with Crippen LogP contribution in [0.2, 0.25) is 0 Å². The molecule has 0 bridgehead atoms. The van der Waals surface area contributed by atoms with Crippen LogP contribution in [0.4, 0.5) is 0 Å². The molecule has 4 aromatic carbocycles. The third-order valence-electron chi connectivity index (χ3n) is 4.69. The lowest BCUT2D eigenvalue weighted by atomic mass is 9.86. The van der Waals surface area contributed by atoms with E-state index in [4.69, 9.17) is 0 Å². The Labute approximate surface area is 164 Å². The molecule has 0 aliphatic carbocycles. The molecule has 0 atom stereocenters. The molecule has 2 N–H and O–H groups in total. The lowest BCUT2D eigenvalue weighted by molar-refractivity contribution is 0.475. The number of hydrogen-bond acceptors (Lipinski definition) is 2. The second kappa shape index (κ2) is 7.85. The molecule has 0 amide bonds. The van der Waals surface area contributed by atoms with Gasteiger partial charge in [0.15, 0.2) is 0 Å². The standard InChI is InChI=1S/C26H20O2/c27-23-15-11-21(12-16-23)26(22-13-17-24(28)18-14-22)25(19-7-3-1-4-8-19)20-9-5-2-6-10-20/h1-18,27-28H. The third kappa shape index (κ3) is 3.67. The van der Waals surface area contributed by atoms with Gasteiger partial charge < -0.3 is 10.2 Å². The van der Waals surface area contributed by atoms with Crippen LogP contribution in [0.15, 0.2) is 109 Å². The van der Waals surface area contributed by atoms with Crippen molar-refractivity contribution in [3.63, 3.8) is 0 Å². The molecule has 0 spiro atoms. The molecule has 0 aliphatic heterocycles. The Bertz CT molecular complexity index is 990. The van der Waals surface area contributed by atoms with E-state index in [1.165, 1.54) is 0 Å². The summed E-state index contributed by atoms with van der Waals surface area (Å²) in [6, 6.07) is 35.0. The molecule has 0 saturated heterocycles. The molecule has 4 rings (SSSR count). The van der Waals surface area contributed by atoms with E-state index in [0.717, 1.165) is 33.4 Å². The summed E-state index contributed by atoms with van der Waals surface area (Å²) in [6.07, 6.45) is 0. The van der Waals surface area contributed by atoms with Gasteiger partial charge in [0.2, 0.25) is 0 Å². The van der Waals surface area contributed by atoms with Gasteiger partial charge in [0, 0.05) is 0 Å². The second-order valence-electron chi connectivity index (χ2n) is 6.58. The minimum absolute atomic E-state index is 0.231. The smallest absolute Gasteiger partial charge is 0.115 e. The molecular formula is C26H20O2. The highest BCUT2D eigenvalue weighted by Crippen LogP contribution is 2.37. The van der Waals surface area contributed by atoms with Crippen molar-refractivity contribution in [2.24, 2.45) is 0 Å². The minimum Gasteiger partial charge on any atom is -0.508 e. The number of phenols is 2. The molecule has 0 saturated carbocycles. The van der Waals surface area contributed by atoms with E-state index in [2.05, 4.69) is 24.3 Å². The van der Waals surface area contributed by atoms with Crippen LogP contribution in [0.1, 0.15) is 22.3 Å². The van der Waals surface area contributed by atoms with Crippen LogP contribution in [-0.2, 0) is 0 Å². The van der Waals surface area contributed by atoms with Gasteiger partial charge in [-0.1, -0.05) is 84.9 Å².